The number of aryl methyl sites for hydroxylation is 1. The monoisotopic (exact) mass is 289 g/mol. The van der Waals surface area contributed by atoms with Crippen LogP contribution in [0.2, 0.25) is 0 Å². The molecule has 4 nitrogen and oxygen atoms in total. The molecule has 0 unspecified atom stereocenters. The van der Waals surface area contributed by atoms with E-state index in [1.165, 1.54) is 6.07 Å². The van der Waals surface area contributed by atoms with Crippen molar-refractivity contribution in [3.05, 3.63) is 47.3 Å². The Morgan fingerprint density at radius 2 is 2.10 bits per heavy atom. The normalized spacial score (nSPS) is 12.3. The van der Waals surface area contributed by atoms with Crippen molar-refractivity contribution >= 4 is 5.69 Å². The van der Waals surface area contributed by atoms with Crippen molar-refractivity contribution in [1.82, 2.24) is 0 Å². The number of hydrogen-bond acceptors (Lipinski definition) is 4. The molecule has 3 rings (SSSR count). The zero-order valence-electron chi connectivity index (χ0n) is 11.9. The highest BCUT2D eigenvalue weighted by molar-refractivity contribution is 5.56. The summed E-state index contributed by atoms with van der Waals surface area (Å²) in [6.45, 7) is 2.51. The third-order valence-corrected chi connectivity index (χ3v) is 3.33. The van der Waals surface area contributed by atoms with Crippen LogP contribution >= 0.6 is 0 Å². The van der Waals surface area contributed by atoms with Crippen LogP contribution in [-0.4, -0.2) is 13.9 Å². The average molecular weight is 289 g/mol. The summed E-state index contributed by atoms with van der Waals surface area (Å²) in [6.07, 6.45) is 0. The van der Waals surface area contributed by atoms with Gasteiger partial charge in [0.1, 0.15) is 5.82 Å². The van der Waals surface area contributed by atoms with E-state index >= 15 is 0 Å². The Morgan fingerprint density at radius 1 is 1.24 bits per heavy atom. The van der Waals surface area contributed by atoms with Crippen LogP contribution < -0.4 is 19.5 Å². The van der Waals surface area contributed by atoms with Crippen molar-refractivity contribution in [2.45, 2.75) is 13.5 Å². The Bertz CT molecular complexity index is 673. The van der Waals surface area contributed by atoms with Crippen molar-refractivity contribution in [3.8, 4) is 17.2 Å². The summed E-state index contributed by atoms with van der Waals surface area (Å²) >= 11 is 0. The Hall–Kier alpha value is -2.43. The molecule has 0 amide bonds. The molecule has 21 heavy (non-hydrogen) atoms. The summed E-state index contributed by atoms with van der Waals surface area (Å²) in [4.78, 5) is 0. The first-order valence-corrected chi connectivity index (χ1v) is 6.64. The first kappa shape index (κ1) is 13.5. The highest BCUT2D eigenvalue weighted by Crippen LogP contribution is 2.41. The summed E-state index contributed by atoms with van der Waals surface area (Å²) in [5.41, 5.74) is 2.29. The minimum absolute atomic E-state index is 0.190. The van der Waals surface area contributed by atoms with Crippen LogP contribution in [0.15, 0.2) is 30.3 Å². The fraction of sp³-hybridized carbons (Fsp3) is 0.250. The number of benzene rings is 2. The summed E-state index contributed by atoms with van der Waals surface area (Å²) in [6, 6.07) is 8.82. The van der Waals surface area contributed by atoms with Gasteiger partial charge < -0.3 is 19.5 Å². The van der Waals surface area contributed by atoms with E-state index in [1.807, 2.05) is 25.1 Å². The van der Waals surface area contributed by atoms with Gasteiger partial charge in [0.25, 0.3) is 0 Å². The molecule has 110 valence electrons. The average Bonchev–Trinajstić information content (AvgIpc) is 2.93. The Balaban J connectivity index is 1.79. The predicted octanol–water partition coefficient (Wildman–Crippen LogP) is 3.48. The molecule has 1 aliphatic heterocycles. The van der Waals surface area contributed by atoms with Gasteiger partial charge in [0.05, 0.1) is 12.8 Å². The molecule has 0 aliphatic carbocycles. The highest BCUT2D eigenvalue weighted by Gasteiger charge is 2.20. The van der Waals surface area contributed by atoms with E-state index < -0.39 is 0 Å². The van der Waals surface area contributed by atoms with E-state index in [-0.39, 0.29) is 12.6 Å². The lowest BCUT2D eigenvalue weighted by Crippen LogP contribution is -2.02. The molecule has 0 saturated heterocycles. The van der Waals surface area contributed by atoms with Crippen molar-refractivity contribution in [1.29, 1.82) is 0 Å². The van der Waals surface area contributed by atoms with Crippen molar-refractivity contribution in [3.63, 3.8) is 0 Å². The standard InChI is InChI=1S/C16H16FNO3/c1-10-3-4-13(12(17)5-10)18-8-11-6-14(19-2)16-15(7-11)20-9-21-16/h3-7,18H,8-9H2,1-2H3. The lowest BCUT2D eigenvalue weighted by molar-refractivity contribution is 0.171. The topological polar surface area (TPSA) is 39.7 Å². The molecule has 1 heterocycles. The molecular weight excluding hydrogens is 273 g/mol. The molecule has 0 bridgehead atoms. The number of methoxy groups -OCH3 is 1. The maximum absolute atomic E-state index is 13.8. The predicted molar refractivity (Wildman–Crippen MR) is 77.6 cm³/mol. The van der Waals surface area contributed by atoms with Crippen LogP contribution in [0.5, 0.6) is 17.2 Å². The fourth-order valence-corrected chi connectivity index (χ4v) is 2.25. The third-order valence-electron chi connectivity index (χ3n) is 3.33. The Labute approximate surface area is 122 Å². The summed E-state index contributed by atoms with van der Waals surface area (Å²) in [5.74, 6) is 1.62. The van der Waals surface area contributed by atoms with Crippen molar-refractivity contribution in [2.75, 3.05) is 19.2 Å². The molecule has 1 N–H and O–H groups in total. The molecule has 0 saturated carbocycles. The van der Waals surface area contributed by atoms with Gasteiger partial charge in [0, 0.05) is 6.54 Å². The second kappa shape index (κ2) is 5.52. The summed E-state index contributed by atoms with van der Waals surface area (Å²) in [5, 5.41) is 3.07. The van der Waals surface area contributed by atoms with E-state index in [0.717, 1.165) is 11.1 Å². The molecular formula is C16H16FNO3. The van der Waals surface area contributed by atoms with Gasteiger partial charge in [-0.25, -0.2) is 4.39 Å². The number of fused-ring (bicyclic) bond motifs is 1. The second-order valence-electron chi connectivity index (χ2n) is 4.87. The van der Waals surface area contributed by atoms with Crippen LogP contribution in [0.3, 0.4) is 0 Å². The zero-order chi connectivity index (χ0) is 14.8. The lowest BCUT2D eigenvalue weighted by atomic mass is 10.1. The molecule has 0 radical (unpaired) electrons. The first-order chi connectivity index (χ1) is 10.2. The Morgan fingerprint density at radius 3 is 2.86 bits per heavy atom. The maximum atomic E-state index is 13.8. The van der Waals surface area contributed by atoms with E-state index in [9.17, 15) is 4.39 Å². The van der Waals surface area contributed by atoms with E-state index in [1.54, 1.807) is 13.2 Å². The zero-order valence-corrected chi connectivity index (χ0v) is 11.9. The van der Waals surface area contributed by atoms with Gasteiger partial charge in [-0.3, -0.25) is 0 Å². The molecule has 1 aliphatic rings. The van der Waals surface area contributed by atoms with Crippen LogP contribution in [0.1, 0.15) is 11.1 Å². The third kappa shape index (κ3) is 2.72. The number of rotatable bonds is 4. The van der Waals surface area contributed by atoms with Crippen LogP contribution in [0, 0.1) is 12.7 Å². The van der Waals surface area contributed by atoms with Crippen LogP contribution in [0.25, 0.3) is 0 Å². The largest absolute Gasteiger partial charge is 0.493 e. The van der Waals surface area contributed by atoms with Crippen LogP contribution in [-0.2, 0) is 6.54 Å². The van der Waals surface area contributed by atoms with Gasteiger partial charge in [0.2, 0.25) is 12.5 Å². The first-order valence-electron chi connectivity index (χ1n) is 6.64. The number of ether oxygens (including phenoxy) is 3. The second-order valence-corrected chi connectivity index (χ2v) is 4.87. The molecule has 2 aromatic rings. The number of nitrogens with one attached hydrogen (secondary N) is 1. The SMILES string of the molecule is COc1cc(CNc2ccc(C)cc2F)cc2c1OCO2. The van der Waals surface area contributed by atoms with Gasteiger partial charge in [-0.2, -0.15) is 0 Å². The highest BCUT2D eigenvalue weighted by atomic mass is 19.1. The van der Waals surface area contributed by atoms with Gasteiger partial charge in [-0.15, -0.1) is 0 Å². The van der Waals surface area contributed by atoms with E-state index in [2.05, 4.69) is 5.32 Å². The lowest BCUT2D eigenvalue weighted by Gasteiger charge is -2.11. The molecule has 0 fully saturated rings. The van der Waals surface area contributed by atoms with Gasteiger partial charge in [-0.1, -0.05) is 6.07 Å². The van der Waals surface area contributed by atoms with Gasteiger partial charge in [-0.05, 0) is 42.3 Å². The number of hydrogen-bond donors (Lipinski definition) is 1. The fourth-order valence-electron chi connectivity index (χ4n) is 2.25. The molecule has 0 aromatic heterocycles. The number of anilines is 1. The van der Waals surface area contributed by atoms with Gasteiger partial charge >= 0.3 is 0 Å². The van der Waals surface area contributed by atoms with Crippen molar-refractivity contribution in [2.24, 2.45) is 0 Å². The van der Waals surface area contributed by atoms with Gasteiger partial charge in [0.15, 0.2) is 11.5 Å². The molecule has 5 heteroatoms. The molecule has 0 atom stereocenters. The minimum atomic E-state index is -0.261. The Kier molecular flexibility index (Phi) is 3.56. The number of halogens is 1. The van der Waals surface area contributed by atoms with E-state index in [4.69, 9.17) is 14.2 Å². The summed E-state index contributed by atoms with van der Waals surface area (Å²) < 4.78 is 29.8. The smallest absolute Gasteiger partial charge is 0.231 e. The van der Waals surface area contributed by atoms with Crippen molar-refractivity contribution < 1.29 is 18.6 Å². The van der Waals surface area contributed by atoms with Crippen LogP contribution in [0.4, 0.5) is 10.1 Å². The maximum Gasteiger partial charge on any atom is 0.231 e. The molecule has 0 spiro atoms. The molecule has 2 aromatic carbocycles. The van der Waals surface area contributed by atoms with E-state index in [0.29, 0.717) is 29.5 Å². The quantitative estimate of drug-likeness (QED) is 0.935. The summed E-state index contributed by atoms with van der Waals surface area (Å²) in [7, 11) is 1.58. The minimum Gasteiger partial charge on any atom is -0.493 e.